The molecule has 0 N–H and O–H groups in total. The highest BCUT2D eigenvalue weighted by atomic mass is 28.3. The van der Waals surface area contributed by atoms with Crippen LogP contribution in [-0.2, 0) is 0 Å². The van der Waals surface area contributed by atoms with E-state index < -0.39 is 8.07 Å². The molecule has 0 bridgehead atoms. The summed E-state index contributed by atoms with van der Waals surface area (Å²) in [7, 11) is -0.126. The zero-order chi connectivity index (χ0) is 17.3. The van der Waals surface area contributed by atoms with Crippen LogP contribution in [0.25, 0.3) is 21.7 Å². The van der Waals surface area contributed by atoms with Gasteiger partial charge in [0.2, 0.25) is 0 Å². The first-order valence-electron chi connectivity index (χ1n) is 8.49. The van der Waals surface area contributed by atoms with Gasteiger partial charge in [-0.05, 0) is 18.2 Å². The first-order valence-corrected chi connectivity index (χ1v) is 11.1. The van der Waals surface area contributed by atoms with Crippen molar-refractivity contribution < 1.29 is 9.15 Å². The topological polar surface area (TPSA) is 52.3 Å². The van der Waals surface area contributed by atoms with Gasteiger partial charge in [-0.2, -0.15) is 0 Å². The van der Waals surface area contributed by atoms with E-state index in [-0.39, 0.29) is 5.63 Å². The predicted octanol–water partition coefficient (Wildman–Crippen LogP) is 4.07. The van der Waals surface area contributed by atoms with Crippen molar-refractivity contribution in [1.29, 1.82) is 0 Å². The lowest BCUT2D eigenvalue weighted by molar-refractivity contribution is 0.417. The van der Waals surface area contributed by atoms with Crippen LogP contribution in [-0.4, -0.2) is 20.2 Å². The van der Waals surface area contributed by atoms with Gasteiger partial charge in [0.1, 0.15) is 11.3 Å². The second-order valence-corrected chi connectivity index (χ2v) is 11.4. The minimum atomic E-state index is -1.81. The summed E-state index contributed by atoms with van der Waals surface area (Å²) in [5.74, 6) is 0.839. The molecule has 5 heteroatoms. The van der Waals surface area contributed by atoms with Gasteiger partial charge in [0.05, 0.1) is 20.6 Å². The number of hydrogen-bond acceptors (Lipinski definition) is 4. The summed E-state index contributed by atoms with van der Waals surface area (Å²) >= 11 is 0. The van der Waals surface area contributed by atoms with Gasteiger partial charge >= 0.3 is 5.63 Å². The Labute approximate surface area is 142 Å². The van der Waals surface area contributed by atoms with Crippen LogP contribution in [0.5, 0.6) is 5.75 Å². The summed E-state index contributed by atoms with van der Waals surface area (Å²) in [5.41, 5.74) is 0.387. The van der Waals surface area contributed by atoms with Crippen molar-refractivity contribution in [3.05, 3.63) is 41.0 Å². The van der Waals surface area contributed by atoms with Crippen LogP contribution < -0.4 is 15.5 Å². The summed E-state index contributed by atoms with van der Waals surface area (Å²) in [5, 5.41) is 3.50. The van der Waals surface area contributed by atoms with E-state index in [1.165, 1.54) is 0 Å². The summed E-state index contributed by atoms with van der Waals surface area (Å²) in [6.07, 6.45) is 3.37. The molecule has 0 unspecified atom stereocenters. The number of ether oxygens (including phenoxy) is 1. The van der Waals surface area contributed by atoms with Crippen LogP contribution in [0.15, 0.2) is 39.8 Å². The Bertz CT molecular complexity index is 936. The Morgan fingerprint density at radius 2 is 1.75 bits per heavy atom. The van der Waals surface area contributed by atoms with Gasteiger partial charge in [-0.3, -0.25) is 4.98 Å². The number of methoxy groups -OCH3 is 1. The molecule has 3 rings (SSSR count). The smallest absolute Gasteiger partial charge is 0.344 e. The number of rotatable bonds is 5. The Kier molecular flexibility index (Phi) is 4.45. The van der Waals surface area contributed by atoms with Crippen molar-refractivity contribution >= 4 is 35.0 Å². The van der Waals surface area contributed by atoms with Gasteiger partial charge in [0.15, 0.2) is 0 Å². The van der Waals surface area contributed by atoms with Crippen molar-refractivity contribution in [3.63, 3.8) is 0 Å². The summed E-state index contributed by atoms with van der Waals surface area (Å²) < 4.78 is 11.5. The Balaban J connectivity index is 2.53. The van der Waals surface area contributed by atoms with Crippen LogP contribution in [0.1, 0.15) is 20.8 Å². The number of fused-ring (bicyclic) bond motifs is 3. The van der Waals surface area contributed by atoms with E-state index in [9.17, 15) is 4.79 Å². The first-order chi connectivity index (χ1) is 11.6. The third-order valence-electron chi connectivity index (χ3n) is 5.43. The second kappa shape index (κ2) is 6.40. The van der Waals surface area contributed by atoms with E-state index in [1.54, 1.807) is 25.6 Å². The van der Waals surface area contributed by atoms with Crippen LogP contribution in [0.4, 0.5) is 0 Å². The minimum Gasteiger partial charge on any atom is -0.497 e. The third kappa shape index (κ3) is 2.35. The maximum absolute atomic E-state index is 12.5. The number of benzene rings is 1. The number of pyridine rings is 1. The standard InChI is InChI=1S/C19H23NO3Si/c1-5-24(6-2,7-3)18-16(22-4)9-8-13-15-12-20-11-10-14(15)19(21)23-17(13)18/h8-12H,5-7H2,1-4H3. The molecule has 0 fully saturated rings. The van der Waals surface area contributed by atoms with Crippen molar-refractivity contribution in [1.82, 2.24) is 4.98 Å². The minimum absolute atomic E-state index is 0.305. The highest BCUT2D eigenvalue weighted by Gasteiger charge is 2.35. The van der Waals surface area contributed by atoms with E-state index in [4.69, 9.17) is 9.15 Å². The van der Waals surface area contributed by atoms with Crippen molar-refractivity contribution in [2.75, 3.05) is 7.11 Å². The van der Waals surface area contributed by atoms with Gasteiger partial charge in [-0.25, -0.2) is 4.79 Å². The van der Waals surface area contributed by atoms with Crippen molar-refractivity contribution in [3.8, 4) is 5.75 Å². The van der Waals surface area contributed by atoms with E-state index >= 15 is 0 Å². The van der Waals surface area contributed by atoms with Crippen LogP contribution in [0.3, 0.4) is 0 Å². The molecule has 24 heavy (non-hydrogen) atoms. The monoisotopic (exact) mass is 341 g/mol. The molecule has 0 saturated carbocycles. The average molecular weight is 341 g/mol. The van der Waals surface area contributed by atoms with E-state index in [0.29, 0.717) is 11.0 Å². The van der Waals surface area contributed by atoms with Crippen molar-refractivity contribution in [2.45, 2.75) is 38.9 Å². The van der Waals surface area contributed by atoms with Crippen LogP contribution >= 0.6 is 0 Å². The number of aromatic nitrogens is 1. The highest BCUT2D eigenvalue weighted by Crippen LogP contribution is 2.31. The van der Waals surface area contributed by atoms with Crippen molar-refractivity contribution in [2.24, 2.45) is 0 Å². The van der Waals surface area contributed by atoms with E-state index in [2.05, 4.69) is 25.8 Å². The third-order valence-corrected chi connectivity index (χ3v) is 11.0. The van der Waals surface area contributed by atoms with Gasteiger partial charge in [-0.1, -0.05) is 38.9 Å². The van der Waals surface area contributed by atoms with Gasteiger partial charge in [0, 0.05) is 28.4 Å². The molecule has 0 spiro atoms. The van der Waals surface area contributed by atoms with Gasteiger partial charge < -0.3 is 9.15 Å². The predicted molar refractivity (Wildman–Crippen MR) is 101 cm³/mol. The zero-order valence-corrected chi connectivity index (χ0v) is 15.7. The fourth-order valence-electron chi connectivity index (χ4n) is 3.77. The maximum atomic E-state index is 12.5. The molecular formula is C19H23NO3Si. The molecule has 0 aliphatic carbocycles. The molecule has 0 aliphatic rings. The highest BCUT2D eigenvalue weighted by molar-refractivity contribution is 6.93. The normalized spacial score (nSPS) is 12.0. The molecule has 0 saturated heterocycles. The summed E-state index contributed by atoms with van der Waals surface area (Å²) in [4.78, 5) is 16.7. The quantitative estimate of drug-likeness (QED) is 0.399. The fourth-order valence-corrected chi connectivity index (χ4v) is 7.71. The average Bonchev–Trinajstić information content (AvgIpc) is 2.64. The molecule has 2 heterocycles. The lowest BCUT2D eigenvalue weighted by Gasteiger charge is -2.30. The molecule has 2 aromatic heterocycles. The number of hydrogen-bond donors (Lipinski definition) is 0. The summed E-state index contributed by atoms with van der Waals surface area (Å²) in [6, 6.07) is 8.96. The Hall–Kier alpha value is -2.14. The van der Waals surface area contributed by atoms with Gasteiger partial charge in [-0.15, -0.1) is 0 Å². The largest absolute Gasteiger partial charge is 0.497 e. The fraction of sp³-hybridized carbons (Fsp3) is 0.368. The Morgan fingerprint density at radius 3 is 2.38 bits per heavy atom. The maximum Gasteiger partial charge on any atom is 0.344 e. The zero-order valence-electron chi connectivity index (χ0n) is 14.7. The van der Waals surface area contributed by atoms with Gasteiger partial charge in [0.25, 0.3) is 0 Å². The molecule has 0 aliphatic heterocycles. The molecule has 1 aromatic carbocycles. The van der Waals surface area contributed by atoms with E-state index in [1.807, 2.05) is 12.1 Å². The molecule has 3 aromatic rings. The van der Waals surface area contributed by atoms with Crippen LogP contribution in [0, 0.1) is 0 Å². The molecule has 4 nitrogen and oxygen atoms in total. The lowest BCUT2D eigenvalue weighted by Crippen LogP contribution is -2.47. The van der Waals surface area contributed by atoms with E-state index in [0.717, 1.165) is 39.8 Å². The van der Waals surface area contributed by atoms with Crippen LogP contribution in [0.2, 0.25) is 18.1 Å². The molecular weight excluding hydrogens is 318 g/mol. The molecule has 0 amide bonds. The summed E-state index contributed by atoms with van der Waals surface area (Å²) in [6.45, 7) is 6.70. The molecule has 0 radical (unpaired) electrons. The second-order valence-electron chi connectivity index (χ2n) is 6.17. The Morgan fingerprint density at radius 1 is 1.04 bits per heavy atom. The SMILES string of the molecule is CC[Si](CC)(CC)c1c(OC)ccc2c1oc(=O)c1ccncc12. The molecule has 0 atom stereocenters. The number of nitrogens with zero attached hydrogens (tertiary/aromatic N) is 1. The molecule has 126 valence electrons. The lowest BCUT2D eigenvalue weighted by atomic mass is 10.1. The first kappa shape index (κ1) is 16.7.